The van der Waals surface area contributed by atoms with Crippen LogP contribution in [0.1, 0.15) is 0 Å². The van der Waals surface area contributed by atoms with Crippen molar-refractivity contribution >= 4 is 23.3 Å². The van der Waals surface area contributed by atoms with Gasteiger partial charge in [0.05, 0.1) is 7.11 Å². The molecule has 0 atom stereocenters. The monoisotopic (exact) mass is 363 g/mol. The molecule has 8 heteroatoms. The highest BCUT2D eigenvalue weighted by atomic mass is 16.5. The number of hydrogen-bond acceptors (Lipinski definition) is 8. The Morgan fingerprint density at radius 1 is 0.889 bits per heavy atom. The van der Waals surface area contributed by atoms with Crippen molar-refractivity contribution in [3.8, 4) is 5.75 Å². The fraction of sp³-hybridized carbons (Fsp3) is 0.263. The minimum Gasteiger partial charge on any atom is -0.497 e. The molecule has 0 aliphatic carbocycles. The SMILES string of the molecule is COc1ccc(Nc2cc(N3CCN(c4ncccn4)CC3)ncn2)cc1. The largest absolute Gasteiger partial charge is 0.497 e. The van der Waals surface area contributed by atoms with Crippen molar-refractivity contribution in [1.29, 1.82) is 0 Å². The van der Waals surface area contributed by atoms with Crippen molar-refractivity contribution < 1.29 is 4.74 Å². The van der Waals surface area contributed by atoms with Gasteiger partial charge in [-0.05, 0) is 30.3 Å². The summed E-state index contributed by atoms with van der Waals surface area (Å²) in [6.45, 7) is 3.43. The van der Waals surface area contributed by atoms with Crippen molar-refractivity contribution in [3.05, 3.63) is 55.1 Å². The molecule has 1 saturated heterocycles. The summed E-state index contributed by atoms with van der Waals surface area (Å²) in [4.78, 5) is 21.8. The van der Waals surface area contributed by atoms with Crippen molar-refractivity contribution in [1.82, 2.24) is 19.9 Å². The molecule has 0 spiro atoms. The number of benzene rings is 1. The molecule has 3 aromatic rings. The van der Waals surface area contributed by atoms with E-state index in [1.165, 1.54) is 0 Å². The first-order valence-electron chi connectivity index (χ1n) is 8.82. The summed E-state index contributed by atoms with van der Waals surface area (Å²) in [6.07, 6.45) is 5.14. The molecular formula is C19H21N7O. The lowest BCUT2D eigenvalue weighted by molar-refractivity contribution is 0.415. The Hall–Kier alpha value is -3.42. The summed E-state index contributed by atoms with van der Waals surface area (Å²) in [6, 6.07) is 11.5. The Kier molecular flexibility index (Phi) is 4.95. The van der Waals surface area contributed by atoms with E-state index >= 15 is 0 Å². The van der Waals surface area contributed by atoms with Crippen LogP contribution in [-0.4, -0.2) is 53.2 Å². The topological polar surface area (TPSA) is 79.3 Å². The van der Waals surface area contributed by atoms with E-state index in [9.17, 15) is 0 Å². The van der Waals surface area contributed by atoms with Crippen LogP contribution in [0, 0.1) is 0 Å². The number of nitrogens with one attached hydrogen (secondary N) is 1. The average Bonchev–Trinajstić information content (AvgIpc) is 2.75. The number of rotatable bonds is 5. The van der Waals surface area contributed by atoms with E-state index in [1.54, 1.807) is 25.8 Å². The first-order valence-corrected chi connectivity index (χ1v) is 8.82. The average molecular weight is 363 g/mol. The van der Waals surface area contributed by atoms with Crippen LogP contribution in [0.25, 0.3) is 0 Å². The highest BCUT2D eigenvalue weighted by molar-refractivity contribution is 5.60. The number of anilines is 4. The second kappa shape index (κ2) is 7.86. The zero-order chi connectivity index (χ0) is 18.5. The van der Waals surface area contributed by atoms with E-state index in [-0.39, 0.29) is 0 Å². The number of aromatic nitrogens is 4. The molecule has 0 bridgehead atoms. The maximum absolute atomic E-state index is 5.19. The van der Waals surface area contributed by atoms with Crippen molar-refractivity contribution in [3.63, 3.8) is 0 Å². The van der Waals surface area contributed by atoms with E-state index in [0.717, 1.165) is 55.2 Å². The van der Waals surface area contributed by atoms with Crippen LogP contribution in [0.2, 0.25) is 0 Å². The quantitative estimate of drug-likeness (QED) is 0.740. The molecule has 1 aliphatic rings. The lowest BCUT2D eigenvalue weighted by Gasteiger charge is -2.35. The molecule has 4 rings (SSSR count). The van der Waals surface area contributed by atoms with Crippen LogP contribution in [-0.2, 0) is 0 Å². The third-order valence-corrected chi connectivity index (χ3v) is 4.45. The van der Waals surface area contributed by atoms with Crippen LogP contribution in [0.15, 0.2) is 55.1 Å². The fourth-order valence-corrected chi connectivity index (χ4v) is 3.00. The molecule has 1 aliphatic heterocycles. The molecule has 3 heterocycles. The molecule has 8 nitrogen and oxygen atoms in total. The zero-order valence-corrected chi connectivity index (χ0v) is 15.1. The number of ether oxygens (including phenoxy) is 1. The van der Waals surface area contributed by atoms with E-state index in [0.29, 0.717) is 0 Å². The predicted molar refractivity (Wildman–Crippen MR) is 105 cm³/mol. The minimum absolute atomic E-state index is 0.763. The highest BCUT2D eigenvalue weighted by Crippen LogP contribution is 2.22. The van der Waals surface area contributed by atoms with Gasteiger partial charge in [-0.25, -0.2) is 19.9 Å². The Morgan fingerprint density at radius 3 is 2.30 bits per heavy atom. The maximum atomic E-state index is 5.19. The van der Waals surface area contributed by atoms with Gasteiger partial charge in [-0.3, -0.25) is 0 Å². The molecule has 2 aromatic heterocycles. The van der Waals surface area contributed by atoms with Crippen molar-refractivity contribution in [2.75, 3.05) is 48.4 Å². The van der Waals surface area contributed by atoms with Crippen molar-refractivity contribution in [2.45, 2.75) is 0 Å². The number of hydrogen-bond donors (Lipinski definition) is 1. The molecule has 138 valence electrons. The molecule has 27 heavy (non-hydrogen) atoms. The first kappa shape index (κ1) is 17.0. The summed E-state index contributed by atoms with van der Waals surface area (Å²) in [5.41, 5.74) is 0.950. The summed E-state index contributed by atoms with van der Waals surface area (Å²) < 4.78 is 5.19. The standard InChI is InChI=1S/C19H21N7O/c1-27-16-5-3-15(4-6-16)24-17-13-18(23-14-22-17)25-9-11-26(12-10-25)19-20-7-2-8-21-19/h2-8,13-14H,9-12H2,1H3,(H,22,23,24). The van der Waals surface area contributed by atoms with Gasteiger partial charge in [0.15, 0.2) is 0 Å². The van der Waals surface area contributed by atoms with Gasteiger partial charge < -0.3 is 19.9 Å². The van der Waals surface area contributed by atoms with Gasteiger partial charge in [-0.1, -0.05) is 0 Å². The number of methoxy groups -OCH3 is 1. The normalized spacial score (nSPS) is 14.1. The predicted octanol–water partition coefficient (Wildman–Crippen LogP) is 2.35. The third-order valence-electron chi connectivity index (χ3n) is 4.45. The minimum atomic E-state index is 0.763. The van der Waals surface area contributed by atoms with E-state index in [4.69, 9.17) is 4.74 Å². The van der Waals surface area contributed by atoms with Gasteiger partial charge >= 0.3 is 0 Å². The molecular weight excluding hydrogens is 342 g/mol. The highest BCUT2D eigenvalue weighted by Gasteiger charge is 2.20. The van der Waals surface area contributed by atoms with Gasteiger partial charge in [0.25, 0.3) is 0 Å². The Labute approximate surface area is 157 Å². The van der Waals surface area contributed by atoms with Crippen LogP contribution in [0.3, 0.4) is 0 Å². The molecule has 1 aromatic carbocycles. The first-order chi connectivity index (χ1) is 13.3. The molecule has 0 unspecified atom stereocenters. The fourth-order valence-electron chi connectivity index (χ4n) is 3.00. The lowest BCUT2D eigenvalue weighted by atomic mass is 10.3. The number of nitrogens with zero attached hydrogens (tertiary/aromatic N) is 6. The second-order valence-corrected chi connectivity index (χ2v) is 6.14. The second-order valence-electron chi connectivity index (χ2n) is 6.14. The zero-order valence-electron chi connectivity index (χ0n) is 15.1. The van der Waals surface area contributed by atoms with Gasteiger partial charge in [0.1, 0.15) is 23.7 Å². The maximum Gasteiger partial charge on any atom is 0.225 e. The Morgan fingerprint density at radius 2 is 1.59 bits per heavy atom. The third kappa shape index (κ3) is 4.05. The van der Waals surface area contributed by atoms with Crippen LogP contribution in [0.4, 0.5) is 23.3 Å². The van der Waals surface area contributed by atoms with Crippen LogP contribution < -0.4 is 19.9 Å². The lowest BCUT2D eigenvalue weighted by Crippen LogP contribution is -2.47. The van der Waals surface area contributed by atoms with Crippen LogP contribution >= 0.6 is 0 Å². The Balaban J connectivity index is 1.40. The molecule has 0 amide bonds. The smallest absolute Gasteiger partial charge is 0.225 e. The van der Waals surface area contributed by atoms with Crippen LogP contribution in [0.5, 0.6) is 5.75 Å². The summed E-state index contributed by atoms with van der Waals surface area (Å²) in [5.74, 6) is 3.28. The van der Waals surface area contributed by atoms with Gasteiger partial charge in [0, 0.05) is 50.3 Å². The summed E-state index contributed by atoms with van der Waals surface area (Å²) in [5, 5.41) is 3.31. The van der Waals surface area contributed by atoms with E-state index < -0.39 is 0 Å². The van der Waals surface area contributed by atoms with Gasteiger partial charge in [-0.2, -0.15) is 0 Å². The van der Waals surface area contributed by atoms with E-state index in [1.807, 2.05) is 36.4 Å². The molecule has 1 fully saturated rings. The summed E-state index contributed by atoms with van der Waals surface area (Å²) >= 11 is 0. The van der Waals surface area contributed by atoms with Gasteiger partial charge in [0.2, 0.25) is 5.95 Å². The summed E-state index contributed by atoms with van der Waals surface area (Å²) in [7, 11) is 1.66. The van der Waals surface area contributed by atoms with Gasteiger partial charge in [-0.15, -0.1) is 0 Å². The van der Waals surface area contributed by atoms with E-state index in [2.05, 4.69) is 35.1 Å². The molecule has 1 N–H and O–H groups in total. The number of piperazine rings is 1. The Bertz CT molecular complexity index is 865. The van der Waals surface area contributed by atoms with Crippen molar-refractivity contribution in [2.24, 2.45) is 0 Å². The molecule has 0 saturated carbocycles. The molecule has 0 radical (unpaired) electrons.